The SMILES string of the molecule is CCN(CC)C1CCN(c2cc(Br)cc(C#N)c2)C1. The summed E-state index contributed by atoms with van der Waals surface area (Å²) in [7, 11) is 0. The quantitative estimate of drug-likeness (QED) is 0.852. The second-order valence-electron chi connectivity index (χ2n) is 4.92. The molecule has 0 spiro atoms. The van der Waals surface area contributed by atoms with Crippen molar-refractivity contribution in [2.45, 2.75) is 26.3 Å². The summed E-state index contributed by atoms with van der Waals surface area (Å²) >= 11 is 3.48. The van der Waals surface area contributed by atoms with Crippen molar-refractivity contribution in [1.82, 2.24) is 4.90 Å². The first-order chi connectivity index (χ1) is 9.17. The molecule has 1 fully saturated rings. The predicted octanol–water partition coefficient (Wildman–Crippen LogP) is 3.24. The van der Waals surface area contributed by atoms with E-state index in [1.54, 1.807) is 0 Å². The Kier molecular flexibility index (Phi) is 4.84. The molecule has 1 atom stereocenters. The van der Waals surface area contributed by atoms with Gasteiger partial charge >= 0.3 is 0 Å². The Bertz CT molecular complexity index is 477. The lowest BCUT2D eigenvalue weighted by molar-refractivity contribution is 0.232. The monoisotopic (exact) mass is 321 g/mol. The van der Waals surface area contributed by atoms with Gasteiger partial charge in [0, 0.05) is 29.3 Å². The van der Waals surface area contributed by atoms with Gasteiger partial charge in [-0.2, -0.15) is 5.26 Å². The van der Waals surface area contributed by atoms with Crippen molar-refractivity contribution < 1.29 is 0 Å². The molecule has 0 aromatic heterocycles. The standard InChI is InChI=1S/C15H20BrN3/c1-3-18(4-2)14-5-6-19(11-14)15-8-12(10-17)7-13(16)9-15/h7-9,14H,3-6,11H2,1-2H3. The van der Waals surface area contributed by atoms with E-state index in [0.717, 1.165) is 41.9 Å². The second-order valence-corrected chi connectivity index (χ2v) is 5.84. The van der Waals surface area contributed by atoms with Crippen LogP contribution >= 0.6 is 15.9 Å². The number of benzene rings is 1. The minimum Gasteiger partial charge on any atom is -0.370 e. The minimum atomic E-state index is 0.638. The van der Waals surface area contributed by atoms with Crippen molar-refractivity contribution in [1.29, 1.82) is 5.26 Å². The van der Waals surface area contributed by atoms with Crippen molar-refractivity contribution in [3.63, 3.8) is 0 Å². The number of nitriles is 1. The molecule has 1 aliphatic rings. The van der Waals surface area contributed by atoms with Crippen molar-refractivity contribution >= 4 is 21.6 Å². The van der Waals surface area contributed by atoms with Crippen LogP contribution in [0, 0.1) is 11.3 Å². The van der Waals surface area contributed by atoms with Crippen LogP contribution in [0.25, 0.3) is 0 Å². The van der Waals surface area contributed by atoms with E-state index in [1.807, 2.05) is 12.1 Å². The maximum Gasteiger partial charge on any atom is 0.0992 e. The van der Waals surface area contributed by atoms with Crippen molar-refractivity contribution in [3.8, 4) is 6.07 Å². The molecule has 3 nitrogen and oxygen atoms in total. The topological polar surface area (TPSA) is 30.3 Å². The van der Waals surface area contributed by atoms with E-state index in [-0.39, 0.29) is 0 Å². The van der Waals surface area contributed by atoms with Gasteiger partial charge in [-0.25, -0.2) is 0 Å². The van der Waals surface area contributed by atoms with Crippen LogP contribution in [0.3, 0.4) is 0 Å². The highest BCUT2D eigenvalue weighted by Crippen LogP contribution is 2.27. The summed E-state index contributed by atoms with van der Waals surface area (Å²) in [5, 5.41) is 9.05. The molecule has 2 rings (SSSR count). The Morgan fingerprint density at radius 2 is 2.11 bits per heavy atom. The van der Waals surface area contributed by atoms with E-state index in [2.05, 4.69) is 51.7 Å². The molecule has 1 heterocycles. The van der Waals surface area contributed by atoms with Gasteiger partial charge in [-0.1, -0.05) is 29.8 Å². The first-order valence-corrected chi connectivity index (χ1v) is 7.67. The number of hydrogen-bond acceptors (Lipinski definition) is 3. The number of anilines is 1. The van der Waals surface area contributed by atoms with E-state index in [4.69, 9.17) is 5.26 Å². The molecule has 1 aliphatic heterocycles. The van der Waals surface area contributed by atoms with Gasteiger partial charge in [0.25, 0.3) is 0 Å². The molecular weight excluding hydrogens is 302 g/mol. The van der Waals surface area contributed by atoms with Gasteiger partial charge in [0.2, 0.25) is 0 Å². The number of rotatable bonds is 4. The molecule has 19 heavy (non-hydrogen) atoms. The fourth-order valence-electron chi connectivity index (χ4n) is 2.84. The number of hydrogen-bond donors (Lipinski definition) is 0. The predicted molar refractivity (Wildman–Crippen MR) is 82.4 cm³/mol. The highest BCUT2D eigenvalue weighted by molar-refractivity contribution is 9.10. The first kappa shape index (κ1) is 14.4. The van der Waals surface area contributed by atoms with Gasteiger partial charge < -0.3 is 4.90 Å². The van der Waals surface area contributed by atoms with Gasteiger partial charge in [0.05, 0.1) is 11.6 Å². The van der Waals surface area contributed by atoms with Crippen LogP contribution in [0.15, 0.2) is 22.7 Å². The number of halogens is 1. The summed E-state index contributed by atoms with van der Waals surface area (Å²) in [5.74, 6) is 0. The molecule has 4 heteroatoms. The molecule has 0 amide bonds. The van der Waals surface area contributed by atoms with Gasteiger partial charge in [0.15, 0.2) is 0 Å². The number of nitrogens with zero attached hydrogens (tertiary/aromatic N) is 3. The highest BCUT2D eigenvalue weighted by Gasteiger charge is 2.26. The lowest BCUT2D eigenvalue weighted by Crippen LogP contribution is -2.37. The molecule has 1 aromatic carbocycles. The number of likely N-dealkylation sites (N-methyl/N-ethyl adjacent to an activating group) is 1. The van der Waals surface area contributed by atoms with Crippen LogP contribution in [0.5, 0.6) is 0 Å². The normalized spacial score (nSPS) is 18.9. The zero-order chi connectivity index (χ0) is 13.8. The Hall–Kier alpha value is -1.05. The third kappa shape index (κ3) is 3.29. The van der Waals surface area contributed by atoms with Gasteiger partial charge in [-0.05, 0) is 37.7 Å². The highest BCUT2D eigenvalue weighted by atomic mass is 79.9. The molecular formula is C15H20BrN3. The average molecular weight is 322 g/mol. The fraction of sp³-hybridized carbons (Fsp3) is 0.533. The first-order valence-electron chi connectivity index (χ1n) is 6.87. The molecule has 0 N–H and O–H groups in total. The molecule has 1 unspecified atom stereocenters. The summed E-state index contributed by atoms with van der Waals surface area (Å²) in [4.78, 5) is 4.90. The van der Waals surface area contributed by atoms with E-state index in [1.165, 1.54) is 6.42 Å². The summed E-state index contributed by atoms with van der Waals surface area (Å²) < 4.78 is 0.979. The maximum atomic E-state index is 9.05. The largest absolute Gasteiger partial charge is 0.370 e. The summed E-state index contributed by atoms with van der Waals surface area (Å²) in [6, 6.07) is 8.81. The molecule has 0 radical (unpaired) electrons. The Labute approximate surface area is 123 Å². The van der Waals surface area contributed by atoms with Gasteiger partial charge in [0.1, 0.15) is 0 Å². The Balaban J connectivity index is 2.13. The van der Waals surface area contributed by atoms with Gasteiger partial charge in [-0.15, -0.1) is 0 Å². The zero-order valence-corrected chi connectivity index (χ0v) is 13.2. The smallest absolute Gasteiger partial charge is 0.0992 e. The zero-order valence-electron chi connectivity index (χ0n) is 11.6. The van der Waals surface area contributed by atoms with Crippen LogP contribution in [0.1, 0.15) is 25.8 Å². The summed E-state index contributed by atoms with van der Waals surface area (Å²) in [5.41, 5.74) is 1.87. The Morgan fingerprint density at radius 1 is 1.37 bits per heavy atom. The van der Waals surface area contributed by atoms with Crippen molar-refractivity contribution in [3.05, 3.63) is 28.2 Å². The molecule has 0 aliphatic carbocycles. The third-order valence-corrected chi connectivity index (χ3v) is 4.33. The van der Waals surface area contributed by atoms with Crippen LogP contribution < -0.4 is 4.90 Å². The molecule has 0 saturated carbocycles. The van der Waals surface area contributed by atoms with Crippen LogP contribution in [0.4, 0.5) is 5.69 Å². The fourth-order valence-corrected chi connectivity index (χ4v) is 3.32. The van der Waals surface area contributed by atoms with E-state index in [9.17, 15) is 0 Å². The molecule has 102 valence electrons. The molecule has 0 bridgehead atoms. The van der Waals surface area contributed by atoms with Crippen LogP contribution in [-0.4, -0.2) is 37.1 Å². The van der Waals surface area contributed by atoms with Crippen molar-refractivity contribution in [2.75, 3.05) is 31.1 Å². The third-order valence-electron chi connectivity index (χ3n) is 3.87. The summed E-state index contributed by atoms with van der Waals surface area (Å²) in [6.07, 6.45) is 1.20. The lowest BCUT2D eigenvalue weighted by Gasteiger charge is -2.26. The van der Waals surface area contributed by atoms with E-state index >= 15 is 0 Å². The lowest BCUT2D eigenvalue weighted by atomic mass is 10.2. The van der Waals surface area contributed by atoms with E-state index < -0.39 is 0 Å². The van der Waals surface area contributed by atoms with Crippen molar-refractivity contribution in [2.24, 2.45) is 0 Å². The van der Waals surface area contributed by atoms with Gasteiger partial charge in [-0.3, -0.25) is 4.90 Å². The second kappa shape index (κ2) is 6.40. The molecule has 1 saturated heterocycles. The minimum absolute atomic E-state index is 0.638. The summed E-state index contributed by atoms with van der Waals surface area (Å²) in [6.45, 7) is 8.79. The molecule has 1 aromatic rings. The van der Waals surface area contributed by atoms with Crippen LogP contribution in [0.2, 0.25) is 0 Å². The average Bonchev–Trinajstić information content (AvgIpc) is 2.89. The Morgan fingerprint density at radius 3 is 2.74 bits per heavy atom. The van der Waals surface area contributed by atoms with Crippen LogP contribution in [-0.2, 0) is 0 Å². The van der Waals surface area contributed by atoms with E-state index in [0.29, 0.717) is 6.04 Å². The maximum absolute atomic E-state index is 9.05.